The molecule has 2 atom stereocenters. The minimum Gasteiger partial charge on any atom is -0.395 e. The standard InChI is InChI=1S/C10H18N2OS/c1-6(5-13)11-7(2)10-8(3)14-9(4)12-10/h6-7,11,13H,5H2,1-4H3/t6-,7?/m1/s1. The van der Waals surface area contributed by atoms with Crippen molar-refractivity contribution in [1.29, 1.82) is 0 Å². The summed E-state index contributed by atoms with van der Waals surface area (Å²) >= 11 is 1.72. The number of nitrogens with zero attached hydrogens (tertiary/aromatic N) is 1. The van der Waals surface area contributed by atoms with Gasteiger partial charge in [0, 0.05) is 17.0 Å². The molecule has 0 aliphatic heterocycles. The van der Waals surface area contributed by atoms with Gasteiger partial charge in [0.2, 0.25) is 0 Å². The van der Waals surface area contributed by atoms with Gasteiger partial charge >= 0.3 is 0 Å². The first-order chi connectivity index (χ1) is 6.54. The van der Waals surface area contributed by atoms with E-state index in [9.17, 15) is 0 Å². The highest BCUT2D eigenvalue weighted by Gasteiger charge is 2.14. The summed E-state index contributed by atoms with van der Waals surface area (Å²) in [5.41, 5.74) is 1.10. The molecule has 0 amide bonds. The first kappa shape index (κ1) is 11.6. The smallest absolute Gasteiger partial charge is 0.0900 e. The molecule has 0 radical (unpaired) electrons. The molecule has 2 N–H and O–H groups in total. The number of aliphatic hydroxyl groups is 1. The van der Waals surface area contributed by atoms with E-state index in [1.807, 2.05) is 13.8 Å². The summed E-state index contributed by atoms with van der Waals surface area (Å²) in [6, 6.07) is 0.327. The summed E-state index contributed by atoms with van der Waals surface area (Å²) in [6.45, 7) is 8.30. The van der Waals surface area contributed by atoms with Gasteiger partial charge in [-0.1, -0.05) is 0 Å². The van der Waals surface area contributed by atoms with Gasteiger partial charge in [-0.05, 0) is 27.7 Å². The minimum absolute atomic E-state index is 0.117. The Kier molecular flexibility index (Phi) is 4.04. The van der Waals surface area contributed by atoms with Crippen LogP contribution in [-0.4, -0.2) is 22.7 Å². The van der Waals surface area contributed by atoms with Crippen molar-refractivity contribution in [2.45, 2.75) is 39.8 Å². The van der Waals surface area contributed by atoms with Crippen LogP contribution in [-0.2, 0) is 0 Å². The molecule has 1 unspecified atom stereocenters. The fraction of sp³-hybridized carbons (Fsp3) is 0.700. The van der Waals surface area contributed by atoms with Crippen LogP contribution in [0.15, 0.2) is 0 Å². The molecule has 80 valence electrons. The van der Waals surface area contributed by atoms with Gasteiger partial charge in [-0.25, -0.2) is 4.98 Å². The monoisotopic (exact) mass is 214 g/mol. The van der Waals surface area contributed by atoms with Crippen LogP contribution in [0.1, 0.15) is 35.5 Å². The third-order valence-electron chi connectivity index (χ3n) is 2.16. The Balaban J connectivity index is 2.69. The fourth-order valence-corrected chi connectivity index (χ4v) is 2.42. The zero-order valence-corrected chi connectivity index (χ0v) is 9.98. The number of aryl methyl sites for hydroxylation is 2. The first-order valence-electron chi connectivity index (χ1n) is 4.85. The van der Waals surface area contributed by atoms with E-state index in [4.69, 9.17) is 5.11 Å². The van der Waals surface area contributed by atoms with Gasteiger partial charge in [0.05, 0.1) is 17.3 Å². The van der Waals surface area contributed by atoms with Crippen LogP contribution >= 0.6 is 11.3 Å². The van der Waals surface area contributed by atoms with Crippen LogP contribution in [0.4, 0.5) is 0 Å². The van der Waals surface area contributed by atoms with E-state index in [1.165, 1.54) is 4.88 Å². The largest absolute Gasteiger partial charge is 0.395 e. The summed E-state index contributed by atoms with van der Waals surface area (Å²) < 4.78 is 0. The molecule has 1 aromatic rings. The van der Waals surface area contributed by atoms with E-state index in [0.717, 1.165) is 10.7 Å². The SMILES string of the molecule is Cc1nc(C(C)N[C@H](C)CO)c(C)s1. The lowest BCUT2D eigenvalue weighted by Crippen LogP contribution is -2.32. The van der Waals surface area contributed by atoms with E-state index < -0.39 is 0 Å². The lowest BCUT2D eigenvalue weighted by Gasteiger charge is -2.17. The Morgan fingerprint density at radius 2 is 2.07 bits per heavy atom. The predicted octanol–water partition coefficient (Wildman–Crippen LogP) is 1.79. The number of hydrogen-bond donors (Lipinski definition) is 2. The number of thiazole rings is 1. The van der Waals surface area contributed by atoms with Crippen molar-refractivity contribution in [2.24, 2.45) is 0 Å². The van der Waals surface area contributed by atoms with Crippen molar-refractivity contribution in [1.82, 2.24) is 10.3 Å². The molecule has 0 saturated carbocycles. The summed E-state index contributed by atoms with van der Waals surface area (Å²) in [7, 11) is 0. The maximum absolute atomic E-state index is 8.92. The van der Waals surface area contributed by atoms with Crippen molar-refractivity contribution in [3.63, 3.8) is 0 Å². The highest BCUT2D eigenvalue weighted by Crippen LogP contribution is 2.22. The first-order valence-corrected chi connectivity index (χ1v) is 5.67. The third-order valence-corrected chi connectivity index (χ3v) is 3.06. The number of aliphatic hydroxyl groups excluding tert-OH is 1. The molecular formula is C10H18N2OS. The Hall–Kier alpha value is -0.450. The number of rotatable bonds is 4. The van der Waals surface area contributed by atoms with Crippen molar-refractivity contribution in [3.05, 3.63) is 15.6 Å². The molecule has 14 heavy (non-hydrogen) atoms. The van der Waals surface area contributed by atoms with Gasteiger partial charge < -0.3 is 10.4 Å². The fourth-order valence-electron chi connectivity index (χ4n) is 1.51. The molecule has 0 bridgehead atoms. The Labute approximate surface area is 89.2 Å². The van der Waals surface area contributed by atoms with Gasteiger partial charge in [0.15, 0.2) is 0 Å². The van der Waals surface area contributed by atoms with E-state index in [2.05, 4.69) is 24.1 Å². The Bertz CT molecular complexity index is 298. The molecule has 0 aromatic carbocycles. The average molecular weight is 214 g/mol. The van der Waals surface area contributed by atoms with Crippen molar-refractivity contribution < 1.29 is 5.11 Å². The maximum Gasteiger partial charge on any atom is 0.0900 e. The lowest BCUT2D eigenvalue weighted by atomic mass is 10.2. The van der Waals surface area contributed by atoms with E-state index in [1.54, 1.807) is 11.3 Å². The van der Waals surface area contributed by atoms with Gasteiger partial charge in [-0.3, -0.25) is 0 Å². The van der Waals surface area contributed by atoms with Crippen LogP contribution < -0.4 is 5.32 Å². The van der Waals surface area contributed by atoms with Gasteiger partial charge in [0.25, 0.3) is 0 Å². The highest BCUT2D eigenvalue weighted by atomic mass is 32.1. The normalized spacial score (nSPS) is 15.5. The summed E-state index contributed by atoms with van der Waals surface area (Å²) in [5, 5.41) is 13.3. The maximum atomic E-state index is 8.92. The predicted molar refractivity (Wildman–Crippen MR) is 59.7 cm³/mol. The Morgan fingerprint density at radius 1 is 1.43 bits per heavy atom. The van der Waals surface area contributed by atoms with Crippen LogP contribution in [0.3, 0.4) is 0 Å². The molecule has 0 fully saturated rings. The van der Waals surface area contributed by atoms with Gasteiger partial charge in [-0.15, -0.1) is 11.3 Å². The third kappa shape index (κ3) is 2.77. The second kappa shape index (κ2) is 4.87. The van der Waals surface area contributed by atoms with E-state index in [0.29, 0.717) is 0 Å². The van der Waals surface area contributed by atoms with Gasteiger partial charge in [0.1, 0.15) is 0 Å². The summed E-state index contributed by atoms with van der Waals surface area (Å²) in [6.07, 6.45) is 0. The topological polar surface area (TPSA) is 45.2 Å². The second-order valence-electron chi connectivity index (χ2n) is 3.65. The van der Waals surface area contributed by atoms with Crippen LogP contribution in [0.2, 0.25) is 0 Å². The molecule has 1 aromatic heterocycles. The molecule has 0 spiro atoms. The van der Waals surface area contributed by atoms with E-state index in [-0.39, 0.29) is 18.7 Å². The van der Waals surface area contributed by atoms with Gasteiger partial charge in [-0.2, -0.15) is 0 Å². The molecule has 0 aliphatic rings. The van der Waals surface area contributed by atoms with Crippen molar-refractivity contribution in [3.8, 4) is 0 Å². The minimum atomic E-state index is 0.117. The zero-order valence-electron chi connectivity index (χ0n) is 9.16. The zero-order chi connectivity index (χ0) is 10.7. The molecule has 0 aliphatic carbocycles. The number of aromatic nitrogens is 1. The van der Waals surface area contributed by atoms with Crippen LogP contribution in [0.5, 0.6) is 0 Å². The molecule has 4 heteroatoms. The summed E-state index contributed by atoms with van der Waals surface area (Å²) in [4.78, 5) is 5.73. The molecular weight excluding hydrogens is 196 g/mol. The number of hydrogen-bond acceptors (Lipinski definition) is 4. The molecule has 0 saturated heterocycles. The van der Waals surface area contributed by atoms with Crippen molar-refractivity contribution in [2.75, 3.05) is 6.61 Å². The summed E-state index contributed by atoms with van der Waals surface area (Å²) in [5.74, 6) is 0. The lowest BCUT2D eigenvalue weighted by molar-refractivity contribution is 0.242. The van der Waals surface area contributed by atoms with Crippen molar-refractivity contribution >= 4 is 11.3 Å². The second-order valence-corrected chi connectivity index (χ2v) is 5.05. The molecule has 3 nitrogen and oxygen atoms in total. The molecule has 1 heterocycles. The average Bonchev–Trinajstić information content (AvgIpc) is 2.45. The Morgan fingerprint density at radius 3 is 2.50 bits per heavy atom. The molecule has 1 rings (SSSR count). The van der Waals surface area contributed by atoms with E-state index >= 15 is 0 Å². The quantitative estimate of drug-likeness (QED) is 0.803. The van der Waals surface area contributed by atoms with Crippen LogP contribution in [0.25, 0.3) is 0 Å². The number of nitrogens with one attached hydrogen (secondary N) is 1. The van der Waals surface area contributed by atoms with Crippen LogP contribution in [0, 0.1) is 13.8 Å². The highest BCUT2D eigenvalue weighted by molar-refractivity contribution is 7.11.